The molecule has 1 aliphatic rings. The quantitative estimate of drug-likeness (QED) is 0.126. The van der Waals surface area contributed by atoms with Crippen molar-refractivity contribution < 1.29 is 24.7 Å². The molecule has 0 fully saturated rings. The van der Waals surface area contributed by atoms with Crippen LogP contribution >= 0.6 is 0 Å². The summed E-state index contributed by atoms with van der Waals surface area (Å²) in [4.78, 5) is 4.52. The summed E-state index contributed by atoms with van der Waals surface area (Å²) in [6, 6.07) is 59.2. The first-order chi connectivity index (χ1) is 23.3. The summed E-state index contributed by atoms with van der Waals surface area (Å²) in [5.74, 6) is 0. The SMILES string of the molecule is [Ir].[c-]1cc(-c2cccc3ccccc23)c2ccccc2c1-c1ccccn1.c1ccc2c3c(ccc2c1)C[n+]1ccc2ccccc2c1-3. The second kappa shape index (κ2) is 12.6. The molecule has 1 radical (unpaired) electrons. The summed E-state index contributed by atoms with van der Waals surface area (Å²) in [7, 11) is 0. The summed E-state index contributed by atoms with van der Waals surface area (Å²) in [5, 5.41) is 10.2. The maximum atomic E-state index is 4.52. The van der Waals surface area contributed by atoms with Crippen LogP contribution in [0.3, 0.4) is 0 Å². The molecule has 3 heteroatoms. The minimum atomic E-state index is 0. The molecule has 0 spiro atoms. The second-order valence-corrected chi connectivity index (χ2v) is 12.1. The second-order valence-electron chi connectivity index (χ2n) is 12.1. The molecule has 9 aromatic rings. The summed E-state index contributed by atoms with van der Waals surface area (Å²) < 4.78 is 2.37. The largest absolute Gasteiger partial charge is 0.305 e. The first kappa shape index (κ1) is 29.9. The van der Waals surface area contributed by atoms with E-state index >= 15 is 0 Å². The van der Waals surface area contributed by atoms with Crippen LogP contribution in [0.2, 0.25) is 0 Å². The Balaban J connectivity index is 0.000000140. The molecule has 0 saturated heterocycles. The number of hydrogen-bond acceptors (Lipinski definition) is 1. The summed E-state index contributed by atoms with van der Waals surface area (Å²) in [6.07, 6.45) is 4.04. The van der Waals surface area contributed by atoms with Gasteiger partial charge in [-0.3, -0.25) is 0 Å². The average Bonchev–Trinajstić information content (AvgIpc) is 3.55. The molecular formula is C45H30IrN2. The van der Waals surface area contributed by atoms with E-state index in [1.807, 2.05) is 24.4 Å². The predicted molar refractivity (Wildman–Crippen MR) is 195 cm³/mol. The van der Waals surface area contributed by atoms with Gasteiger partial charge in [-0.05, 0) is 44.8 Å². The van der Waals surface area contributed by atoms with Crippen molar-refractivity contribution in [1.82, 2.24) is 4.98 Å². The monoisotopic (exact) mass is 791 g/mol. The van der Waals surface area contributed by atoms with Gasteiger partial charge in [-0.1, -0.05) is 155 Å². The van der Waals surface area contributed by atoms with E-state index < -0.39 is 0 Å². The van der Waals surface area contributed by atoms with Crippen molar-refractivity contribution in [1.29, 1.82) is 0 Å². The Morgan fingerprint density at radius 2 is 1.12 bits per heavy atom. The molecule has 48 heavy (non-hydrogen) atoms. The van der Waals surface area contributed by atoms with Crippen molar-refractivity contribution in [3.8, 4) is 33.6 Å². The van der Waals surface area contributed by atoms with E-state index in [-0.39, 0.29) is 20.1 Å². The van der Waals surface area contributed by atoms with Crippen molar-refractivity contribution in [2.45, 2.75) is 6.54 Å². The number of fused-ring (bicyclic) bond motifs is 9. The van der Waals surface area contributed by atoms with Crippen LogP contribution < -0.4 is 4.57 Å². The topological polar surface area (TPSA) is 16.8 Å². The van der Waals surface area contributed by atoms with E-state index in [1.54, 1.807) is 0 Å². The smallest absolute Gasteiger partial charge is 0.221 e. The molecule has 2 aromatic heterocycles. The van der Waals surface area contributed by atoms with Gasteiger partial charge in [0.1, 0.15) is 0 Å². The Hall–Kier alpha value is -5.47. The van der Waals surface area contributed by atoms with Crippen LogP contribution in [0.25, 0.3) is 76.7 Å². The Bertz CT molecular complexity index is 2520. The molecule has 0 atom stereocenters. The van der Waals surface area contributed by atoms with Crippen molar-refractivity contribution >= 4 is 43.1 Å². The molecule has 229 valence electrons. The molecule has 0 aliphatic carbocycles. The van der Waals surface area contributed by atoms with Gasteiger partial charge in [0, 0.05) is 37.9 Å². The molecule has 10 rings (SSSR count). The molecule has 0 saturated carbocycles. The zero-order valence-electron chi connectivity index (χ0n) is 26.1. The van der Waals surface area contributed by atoms with Gasteiger partial charge in [0.15, 0.2) is 12.7 Å². The number of pyridine rings is 2. The normalized spacial score (nSPS) is 11.5. The van der Waals surface area contributed by atoms with E-state index in [4.69, 9.17) is 0 Å². The fourth-order valence-electron chi connectivity index (χ4n) is 7.22. The average molecular weight is 791 g/mol. The molecule has 3 heterocycles. The molecule has 0 N–H and O–H groups in total. The van der Waals surface area contributed by atoms with E-state index in [2.05, 4.69) is 161 Å². The molecular weight excluding hydrogens is 761 g/mol. The van der Waals surface area contributed by atoms with Gasteiger partial charge < -0.3 is 4.98 Å². The fraction of sp³-hybridized carbons (Fsp3) is 0.0222. The van der Waals surface area contributed by atoms with Crippen LogP contribution in [-0.4, -0.2) is 4.98 Å². The first-order valence-corrected chi connectivity index (χ1v) is 16.1. The third-order valence-corrected chi connectivity index (χ3v) is 9.38. The zero-order chi connectivity index (χ0) is 31.2. The Morgan fingerprint density at radius 3 is 1.90 bits per heavy atom. The summed E-state index contributed by atoms with van der Waals surface area (Å²) >= 11 is 0. The van der Waals surface area contributed by atoms with E-state index in [0.717, 1.165) is 17.8 Å². The van der Waals surface area contributed by atoms with Crippen LogP contribution in [0, 0.1) is 6.07 Å². The van der Waals surface area contributed by atoms with E-state index in [0.29, 0.717) is 0 Å². The zero-order valence-corrected chi connectivity index (χ0v) is 28.5. The molecule has 0 unspecified atom stereocenters. The van der Waals surface area contributed by atoms with Gasteiger partial charge in [-0.25, -0.2) is 0 Å². The maximum Gasteiger partial charge on any atom is 0.221 e. The van der Waals surface area contributed by atoms with Crippen LogP contribution in [0.5, 0.6) is 0 Å². The van der Waals surface area contributed by atoms with Gasteiger partial charge >= 0.3 is 0 Å². The van der Waals surface area contributed by atoms with Gasteiger partial charge in [0.2, 0.25) is 5.69 Å². The van der Waals surface area contributed by atoms with Gasteiger partial charge in [0.05, 0.1) is 10.9 Å². The Labute approximate surface area is 293 Å². The standard InChI is InChI=1S/C25H16N.C20H14N.Ir/c1-2-10-19-18(8-1)9-7-13-20(19)23-15-16-24(25-14-5-6-17-26-25)22-12-4-3-11-21(22)23;1-3-7-17-14(5-1)9-10-16-13-21-12-11-15-6-2-4-8-18(15)20(21)19(16)17;/h1-15,17H;1-12H,13H2;/q-1;+1;. The minimum Gasteiger partial charge on any atom is -0.305 e. The fourth-order valence-corrected chi connectivity index (χ4v) is 7.22. The van der Waals surface area contributed by atoms with E-state index in [1.165, 1.54) is 71.0 Å². The molecule has 2 nitrogen and oxygen atoms in total. The first-order valence-electron chi connectivity index (χ1n) is 16.1. The number of aromatic nitrogens is 2. The molecule has 7 aromatic carbocycles. The van der Waals surface area contributed by atoms with Gasteiger partial charge in [0.25, 0.3) is 0 Å². The van der Waals surface area contributed by atoms with Crippen LogP contribution in [0.4, 0.5) is 0 Å². The van der Waals surface area contributed by atoms with Gasteiger partial charge in [-0.2, -0.15) is 4.57 Å². The van der Waals surface area contributed by atoms with Crippen LogP contribution in [0.1, 0.15) is 5.56 Å². The molecule has 0 amide bonds. The summed E-state index contributed by atoms with van der Waals surface area (Å²) in [6.45, 7) is 0.973. The number of hydrogen-bond donors (Lipinski definition) is 0. The van der Waals surface area contributed by atoms with Crippen molar-refractivity contribution in [3.63, 3.8) is 0 Å². The summed E-state index contributed by atoms with van der Waals surface area (Å²) in [5.41, 5.74) is 8.63. The van der Waals surface area contributed by atoms with Crippen molar-refractivity contribution in [2.75, 3.05) is 0 Å². The van der Waals surface area contributed by atoms with Crippen molar-refractivity contribution in [3.05, 3.63) is 182 Å². The Morgan fingerprint density at radius 1 is 0.500 bits per heavy atom. The number of nitrogens with zero attached hydrogens (tertiary/aromatic N) is 2. The van der Waals surface area contributed by atoms with Crippen LogP contribution in [0.15, 0.2) is 170 Å². The third-order valence-electron chi connectivity index (χ3n) is 9.38. The van der Waals surface area contributed by atoms with Crippen molar-refractivity contribution in [2.24, 2.45) is 0 Å². The number of benzene rings is 7. The van der Waals surface area contributed by atoms with Crippen LogP contribution in [-0.2, 0) is 26.7 Å². The maximum absolute atomic E-state index is 4.52. The third kappa shape index (κ3) is 5.09. The number of rotatable bonds is 2. The molecule has 0 bridgehead atoms. The van der Waals surface area contributed by atoms with E-state index in [9.17, 15) is 0 Å². The predicted octanol–water partition coefficient (Wildman–Crippen LogP) is 10.8. The minimum absolute atomic E-state index is 0. The van der Waals surface area contributed by atoms with Gasteiger partial charge in [-0.15, -0.1) is 17.7 Å². The molecule has 1 aliphatic heterocycles. The Kier molecular flexibility index (Phi) is 7.86.